The Morgan fingerprint density at radius 3 is 2.71 bits per heavy atom. The van der Waals surface area contributed by atoms with Gasteiger partial charge in [0.1, 0.15) is 0 Å². The van der Waals surface area contributed by atoms with Crippen LogP contribution in [0.2, 0.25) is 0 Å². The fourth-order valence-corrected chi connectivity index (χ4v) is 3.97. The Balaban J connectivity index is 2.41. The van der Waals surface area contributed by atoms with E-state index in [1.807, 2.05) is 6.08 Å². The SMILES string of the molecule is C=C(C)[C@@H]1CCC2=CC(=O)C[C@@H](C)[C@]2(C)C1C. The van der Waals surface area contributed by atoms with E-state index in [4.69, 9.17) is 0 Å². The van der Waals surface area contributed by atoms with Crippen LogP contribution in [0.1, 0.15) is 47.0 Å². The van der Waals surface area contributed by atoms with Gasteiger partial charge >= 0.3 is 0 Å². The van der Waals surface area contributed by atoms with Crippen LogP contribution in [0.25, 0.3) is 0 Å². The lowest BCUT2D eigenvalue weighted by Gasteiger charge is -2.52. The monoisotopic (exact) mass is 232 g/mol. The summed E-state index contributed by atoms with van der Waals surface area (Å²) in [5.74, 6) is 2.01. The van der Waals surface area contributed by atoms with E-state index < -0.39 is 0 Å². The maximum atomic E-state index is 11.7. The van der Waals surface area contributed by atoms with Crippen molar-refractivity contribution < 1.29 is 4.79 Å². The molecular formula is C16H24O. The van der Waals surface area contributed by atoms with Gasteiger partial charge in [0.15, 0.2) is 5.78 Å². The van der Waals surface area contributed by atoms with Crippen LogP contribution in [-0.4, -0.2) is 5.78 Å². The maximum Gasteiger partial charge on any atom is 0.155 e. The third-order valence-electron chi connectivity index (χ3n) is 5.47. The molecule has 0 amide bonds. The summed E-state index contributed by atoms with van der Waals surface area (Å²) in [6.07, 6.45) is 4.89. The lowest BCUT2D eigenvalue weighted by molar-refractivity contribution is -0.118. The van der Waals surface area contributed by atoms with Crippen molar-refractivity contribution in [2.45, 2.75) is 47.0 Å². The molecule has 0 aromatic carbocycles. The molecule has 0 bridgehead atoms. The van der Waals surface area contributed by atoms with Crippen LogP contribution in [-0.2, 0) is 4.79 Å². The van der Waals surface area contributed by atoms with Crippen molar-refractivity contribution in [3.8, 4) is 0 Å². The van der Waals surface area contributed by atoms with E-state index in [1.54, 1.807) is 0 Å². The molecule has 0 N–H and O–H groups in total. The first kappa shape index (κ1) is 12.6. The molecule has 0 aromatic rings. The molecule has 0 heterocycles. The van der Waals surface area contributed by atoms with Crippen LogP contribution in [0.4, 0.5) is 0 Å². The number of carbonyl (C=O) groups excluding carboxylic acids is 1. The standard InChI is InChI=1S/C16H24O/c1-10(2)15-7-6-13-9-14(17)8-11(3)16(13,5)12(15)4/h9,11-12,15H,1,6-8H2,2-5H3/t11-,12?,15+,16-/m1/s1. The molecule has 0 aliphatic heterocycles. The van der Waals surface area contributed by atoms with Gasteiger partial charge in [-0.25, -0.2) is 0 Å². The van der Waals surface area contributed by atoms with E-state index in [2.05, 4.69) is 34.3 Å². The molecule has 1 nitrogen and oxygen atoms in total. The van der Waals surface area contributed by atoms with E-state index >= 15 is 0 Å². The van der Waals surface area contributed by atoms with Crippen LogP contribution >= 0.6 is 0 Å². The number of hydrogen-bond donors (Lipinski definition) is 0. The largest absolute Gasteiger partial charge is 0.295 e. The van der Waals surface area contributed by atoms with Crippen molar-refractivity contribution in [2.24, 2.45) is 23.2 Å². The molecule has 0 spiro atoms. The van der Waals surface area contributed by atoms with Crippen LogP contribution in [0.5, 0.6) is 0 Å². The first-order chi connectivity index (χ1) is 7.87. The van der Waals surface area contributed by atoms with Gasteiger partial charge in [0.25, 0.3) is 0 Å². The zero-order chi connectivity index (χ0) is 12.8. The molecule has 1 fully saturated rings. The van der Waals surface area contributed by atoms with Gasteiger partial charge in [-0.2, -0.15) is 0 Å². The molecule has 2 aliphatic carbocycles. The topological polar surface area (TPSA) is 17.1 Å². The Morgan fingerprint density at radius 2 is 2.12 bits per heavy atom. The Kier molecular flexibility index (Phi) is 3.05. The van der Waals surface area contributed by atoms with E-state index in [1.165, 1.54) is 11.1 Å². The summed E-state index contributed by atoms with van der Waals surface area (Å²) >= 11 is 0. The van der Waals surface area contributed by atoms with Gasteiger partial charge in [-0.3, -0.25) is 4.79 Å². The molecule has 0 radical (unpaired) electrons. The van der Waals surface area contributed by atoms with Crippen molar-refractivity contribution in [3.05, 3.63) is 23.8 Å². The molecule has 0 saturated heterocycles. The molecule has 0 aromatic heterocycles. The Morgan fingerprint density at radius 1 is 1.47 bits per heavy atom. The summed E-state index contributed by atoms with van der Waals surface area (Å²) in [6.45, 7) is 13.2. The summed E-state index contributed by atoms with van der Waals surface area (Å²) < 4.78 is 0. The molecule has 1 unspecified atom stereocenters. The van der Waals surface area contributed by atoms with E-state index in [0.29, 0.717) is 30.0 Å². The van der Waals surface area contributed by atoms with Gasteiger partial charge in [-0.1, -0.05) is 38.5 Å². The molecule has 2 aliphatic rings. The zero-order valence-corrected chi connectivity index (χ0v) is 11.5. The average molecular weight is 232 g/mol. The lowest BCUT2D eigenvalue weighted by atomic mass is 9.52. The normalized spacial score (nSPS) is 41.8. The summed E-state index contributed by atoms with van der Waals surface area (Å²) in [5, 5.41) is 0. The van der Waals surface area contributed by atoms with E-state index in [9.17, 15) is 4.79 Å². The number of rotatable bonds is 1. The predicted molar refractivity (Wildman–Crippen MR) is 71.7 cm³/mol. The smallest absolute Gasteiger partial charge is 0.155 e. The second-order valence-corrected chi connectivity index (χ2v) is 6.30. The van der Waals surface area contributed by atoms with Gasteiger partial charge in [0, 0.05) is 6.42 Å². The highest BCUT2D eigenvalue weighted by molar-refractivity contribution is 5.92. The second kappa shape index (κ2) is 4.12. The minimum absolute atomic E-state index is 0.204. The highest BCUT2D eigenvalue weighted by Gasteiger charge is 2.48. The summed E-state index contributed by atoms with van der Waals surface area (Å²) in [6, 6.07) is 0. The van der Waals surface area contributed by atoms with Gasteiger partial charge in [0.05, 0.1) is 0 Å². The summed E-state index contributed by atoms with van der Waals surface area (Å²) in [7, 11) is 0. The molecule has 94 valence electrons. The second-order valence-electron chi connectivity index (χ2n) is 6.30. The van der Waals surface area contributed by atoms with Crippen molar-refractivity contribution in [3.63, 3.8) is 0 Å². The molecule has 17 heavy (non-hydrogen) atoms. The van der Waals surface area contributed by atoms with Crippen molar-refractivity contribution in [1.29, 1.82) is 0 Å². The first-order valence-corrected chi connectivity index (χ1v) is 6.76. The Bertz CT molecular complexity index is 390. The number of fused-ring (bicyclic) bond motifs is 1. The molecular weight excluding hydrogens is 208 g/mol. The highest BCUT2D eigenvalue weighted by Crippen LogP contribution is 2.55. The van der Waals surface area contributed by atoms with E-state index in [0.717, 1.165) is 12.8 Å². The van der Waals surface area contributed by atoms with Gasteiger partial charge in [-0.15, -0.1) is 0 Å². The van der Waals surface area contributed by atoms with E-state index in [-0.39, 0.29) is 5.41 Å². The van der Waals surface area contributed by atoms with Crippen molar-refractivity contribution in [2.75, 3.05) is 0 Å². The van der Waals surface area contributed by atoms with Crippen LogP contribution in [0.15, 0.2) is 23.8 Å². The fraction of sp³-hybridized carbons (Fsp3) is 0.688. The predicted octanol–water partition coefficient (Wildman–Crippen LogP) is 4.15. The molecule has 2 rings (SSSR count). The van der Waals surface area contributed by atoms with Crippen LogP contribution in [0, 0.1) is 23.2 Å². The van der Waals surface area contributed by atoms with Crippen LogP contribution < -0.4 is 0 Å². The third-order valence-corrected chi connectivity index (χ3v) is 5.47. The van der Waals surface area contributed by atoms with Gasteiger partial charge in [-0.05, 0) is 49.0 Å². The summed E-state index contributed by atoms with van der Waals surface area (Å²) in [5.41, 5.74) is 2.91. The quantitative estimate of drug-likeness (QED) is 0.621. The average Bonchev–Trinajstić information content (AvgIpc) is 2.22. The third kappa shape index (κ3) is 1.80. The van der Waals surface area contributed by atoms with Crippen molar-refractivity contribution in [1.82, 2.24) is 0 Å². The molecule has 4 atom stereocenters. The summed E-state index contributed by atoms with van der Waals surface area (Å²) in [4.78, 5) is 11.7. The minimum Gasteiger partial charge on any atom is -0.295 e. The number of ketones is 1. The fourth-order valence-electron chi connectivity index (χ4n) is 3.97. The lowest BCUT2D eigenvalue weighted by Crippen LogP contribution is -2.45. The zero-order valence-electron chi connectivity index (χ0n) is 11.5. The molecule has 1 saturated carbocycles. The van der Waals surface area contributed by atoms with Crippen LogP contribution in [0.3, 0.4) is 0 Å². The number of carbonyl (C=O) groups is 1. The van der Waals surface area contributed by atoms with Crippen molar-refractivity contribution >= 4 is 5.78 Å². The highest BCUT2D eigenvalue weighted by atomic mass is 16.1. The van der Waals surface area contributed by atoms with Gasteiger partial charge in [0.2, 0.25) is 0 Å². The molecule has 1 heteroatoms. The Hall–Kier alpha value is -0.850. The number of hydrogen-bond acceptors (Lipinski definition) is 1. The van der Waals surface area contributed by atoms with Gasteiger partial charge < -0.3 is 0 Å². The first-order valence-electron chi connectivity index (χ1n) is 6.76. The Labute approximate surface area is 105 Å². The minimum atomic E-state index is 0.204. The number of allylic oxidation sites excluding steroid dienone is 3. The maximum absolute atomic E-state index is 11.7.